The molecular weight excluding hydrogens is 641 g/mol. The van der Waals surface area contributed by atoms with Crippen LogP contribution in [0.5, 0.6) is 0 Å². The van der Waals surface area contributed by atoms with E-state index in [4.69, 9.17) is 9.84 Å². The van der Waals surface area contributed by atoms with E-state index in [9.17, 15) is 9.59 Å². The van der Waals surface area contributed by atoms with Gasteiger partial charge in [-0.05, 0) is 77.0 Å². The summed E-state index contributed by atoms with van der Waals surface area (Å²) in [5.41, 5.74) is 0. The predicted octanol–water partition coefficient (Wildman–Crippen LogP) is 15.5. The molecule has 0 aromatic rings. The van der Waals surface area contributed by atoms with Gasteiger partial charge < -0.3 is 9.84 Å². The molecule has 0 aliphatic rings. The number of allylic oxidation sites excluding steroid dienone is 12. The van der Waals surface area contributed by atoms with E-state index in [1.165, 1.54) is 103 Å². The van der Waals surface area contributed by atoms with Crippen molar-refractivity contribution in [2.75, 3.05) is 0 Å². The maximum atomic E-state index is 12.5. The van der Waals surface area contributed by atoms with E-state index in [1.54, 1.807) is 0 Å². The van der Waals surface area contributed by atoms with Crippen molar-refractivity contribution in [3.8, 4) is 0 Å². The van der Waals surface area contributed by atoms with Gasteiger partial charge in [-0.1, -0.05) is 196 Å². The van der Waals surface area contributed by atoms with Crippen LogP contribution in [0.1, 0.15) is 213 Å². The van der Waals surface area contributed by atoms with Gasteiger partial charge in [0, 0.05) is 12.8 Å². The number of ether oxygens (including phenoxy) is 1. The van der Waals surface area contributed by atoms with Gasteiger partial charge in [0.2, 0.25) is 0 Å². The quantitative estimate of drug-likeness (QED) is 0.0390. The molecular formula is C48H82O4. The van der Waals surface area contributed by atoms with Crippen LogP contribution in [0.4, 0.5) is 0 Å². The van der Waals surface area contributed by atoms with Crippen molar-refractivity contribution in [1.82, 2.24) is 0 Å². The molecule has 0 amide bonds. The lowest BCUT2D eigenvalue weighted by Gasteiger charge is -2.17. The molecule has 0 aromatic heterocycles. The molecule has 0 radical (unpaired) electrons. The molecule has 4 heteroatoms. The van der Waals surface area contributed by atoms with E-state index in [0.29, 0.717) is 12.8 Å². The van der Waals surface area contributed by atoms with Gasteiger partial charge in [0.1, 0.15) is 6.10 Å². The topological polar surface area (TPSA) is 63.6 Å². The fourth-order valence-electron chi connectivity index (χ4n) is 6.24. The average molecular weight is 723 g/mol. The first-order chi connectivity index (χ1) is 25.6. The standard InChI is InChI=1S/C48H82O4/c1-3-5-7-9-11-13-15-17-19-21-23-24-25-27-29-31-33-35-37-39-41-43-48(51)52-46(44-45-47(49)50)42-40-38-36-34-32-30-28-26-22-20-18-16-14-12-10-8-6-4-2/h5,7,11,13,17,19,23-24,27,29,33,35,46H,3-4,6,8-10,12,14-16,18,20-22,25-26,28,30-32,34,36-45H2,1-2H3,(H,49,50)/b7-5-,13-11-,19-17-,24-23-,29-27-,35-33-. The van der Waals surface area contributed by atoms with Crippen molar-refractivity contribution in [1.29, 1.82) is 0 Å². The van der Waals surface area contributed by atoms with Crippen molar-refractivity contribution in [3.05, 3.63) is 72.9 Å². The van der Waals surface area contributed by atoms with Gasteiger partial charge in [0.05, 0.1) is 0 Å². The minimum atomic E-state index is -0.824. The third-order valence-electron chi connectivity index (χ3n) is 9.46. The summed E-state index contributed by atoms with van der Waals surface area (Å²) < 4.78 is 5.73. The summed E-state index contributed by atoms with van der Waals surface area (Å²) in [6, 6.07) is 0. The summed E-state index contributed by atoms with van der Waals surface area (Å²) in [5, 5.41) is 9.15. The Hall–Kier alpha value is -2.62. The van der Waals surface area contributed by atoms with Gasteiger partial charge in [-0.2, -0.15) is 0 Å². The highest BCUT2D eigenvalue weighted by Gasteiger charge is 2.15. The lowest BCUT2D eigenvalue weighted by Crippen LogP contribution is -2.19. The number of carboxylic acid groups (broad SMARTS) is 1. The molecule has 298 valence electrons. The lowest BCUT2D eigenvalue weighted by atomic mass is 10.0. The molecule has 0 fully saturated rings. The van der Waals surface area contributed by atoms with E-state index in [-0.39, 0.29) is 18.5 Å². The first-order valence-corrected chi connectivity index (χ1v) is 21.9. The number of carboxylic acids is 1. The molecule has 1 unspecified atom stereocenters. The molecule has 0 bridgehead atoms. The summed E-state index contributed by atoms with van der Waals surface area (Å²) in [6.45, 7) is 4.44. The highest BCUT2D eigenvalue weighted by molar-refractivity contribution is 5.69. The van der Waals surface area contributed by atoms with E-state index < -0.39 is 5.97 Å². The Morgan fingerprint density at radius 1 is 0.442 bits per heavy atom. The van der Waals surface area contributed by atoms with Crippen LogP contribution in [0, 0.1) is 0 Å². The summed E-state index contributed by atoms with van der Waals surface area (Å²) in [6.07, 6.45) is 60.7. The summed E-state index contributed by atoms with van der Waals surface area (Å²) in [7, 11) is 0. The van der Waals surface area contributed by atoms with Gasteiger partial charge >= 0.3 is 11.9 Å². The molecule has 4 nitrogen and oxygen atoms in total. The normalized spacial score (nSPS) is 13.0. The van der Waals surface area contributed by atoms with Crippen molar-refractivity contribution < 1.29 is 19.4 Å². The number of unbranched alkanes of at least 4 members (excludes halogenated alkanes) is 19. The maximum Gasteiger partial charge on any atom is 0.306 e. The van der Waals surface area contributed by atoms with Gasteiger partial charge in [0.15, 0.2) is 0 Å². The SMILES string of the molecule is CC/C=C\C/C=C\C/C=C\C/C=C\C/C=C\C/C=C\CCCCC(=O)OC(CCCCCCCCCCCCCCCCCCCC)CCC(=O)O. The number of carbonyl (C=O) groups is 2. The summed E-state index contributed by atoms with van der Waals surface area (Å²) in [5.74, 6) is -1.00. The summed E-state index contributed by atoms with van der Waals surface area (Å²) >= 11 is 0. The fourth-order valence-corrected chi connectivity index (χ4v) is 6.24. The number of hydrogen-bond donors (Lipinski definition) is 1. The Kier molecular flexibility index (Phi) is 40.6. The number of carbonyl (C=O) groups excluding carboxylic acids is 1. The molecule has 1 N–H and O–H groups in total. The minimum Gasteiger partial charge on any atom is -0.481 e. The van der Waals surface area contributed by atoms with Crippen LogP contribution in [-0.2, 0) is 14.3 Å². The van der Waals surface area contributed by atoms with E-state index >= 15 is 0 Å². The van der Waals surface area contributed by atoms with Gasteiger partial charge in [0.25, 0.3) is 0 Å². The fraction of sp³-hybridized carbons (Fsp3) is 0.708. The second-order valence-corrected chi connectivity index (χ2v) is 14.5. The van der Waals surface area contributed by atoms with E-state index in [1.807, 2.05) is 0 Å². The van der Waals surface area contributed by atoms with Crippen LogP contribution in [0.3, 0.4) is 0 Å². The number of esters is 1. The van der Waals surface area contributed by atoms with Crippen LogP contribution in [0.25, 0.3) is 0 Å². The lowest BCUT2D eigenvalue weighted by molar-refractivity contribution is -0.151. The Bertz CT molecular complexity index is 953. The molecule has 0 aromatic carbocycles. The third kappa shape index (κ3) is 41.8. The molecule has 0 aliphatic heterocycles. The smallest absolute Gasteiger partial charge is 0.306 e. The van der Waals surface area contributed by atoms with E-state index in [2.05, 4.69) is 86.8 Å². The average Bonchev–Trinajstić information content (AvgIpc) is 3.13. The Morgan fingerprint density at radius 3 is 1.23 bits per heavy atom. The number of hydrogen-bond acceptors (Lipinski definition) is 3. The van der Waals surface area contributed by atoms with Crippen LogP contribution in [0.2, 0.25) is 0 Å². The number of aliphatic carboxylic acids is 1. The molecule has 0 saturated heterocycles. The van der Waals surface area contributed by atoms with Gasteiger partial charge in [-0.25, -0.2) is 0 Å². The van der Waals surface area contributed by atoms with Crippen LogP contribution >= 0.6 is 0 Å². The highest BCUT2D eigenvalue weighted by atomic mass is 16.5. The Labute approximate surface area is 322 Å². The van der Waals surface area contributed by atoms with Crippen LogP contribution in [0.15, 0.2) is 72.9 Å². The zero-order valence-electron chi connectivity index (χ0n) is 34.1. The predicted molar refractivity (Wildman–Crippen MR) is 227 cm³/mol. The van der Waals surface area contributed by atoms with Crippen molar-refractivity contribution >= 4 is 11.9 Å². The minimum absolute atomic E-state index is 0.0552. The Balaban J connectivity index is 3.82. The summed E-state index contributed by atoms with van der Waals surface area (Å²) in [4.78, 5) is 23.6. The van der Waals surface area contributed by atoms with Gasteiger partial charge in [-0.15, -0.1) is 0 Å². The van der Waals surface area contributed by atoms with Crippen molar-refractivity contribution in [2.45, 2.75) is 219 Å². The Morgan fingerprint density at radius 2 is 0.827 bits per heavy atom. The largest absolute Gasteiger partial charge is 0.481 e. The zero-order chi connectivity index (χ0) is 37.8. The third-order valence-corrected chi connectivity index (χ3v) is 9.46. The molecule has 0 spiro atoms. The monoisotopic (exact) mass is 723 g/mol. The zero-order valence-corrected chi connectivity index (χ0v) is 34.1. The first kappa shape index (κ1) is 49.4. The highest BCUT2D eigenvalue weighted by Crippen LogP contribution is 2.17. The molecule has 0 aliphatic carbocycles. The van der Waals surface area contributed by atoms with Crippen LogP contribution in [-0.4, -0.2) is 23.1 Å². The van der Waals surface area contributed by atoms with Crippen molar-refractivity contribution in [2.24, 2.45) is 0 Å². The molecule has 0 rings (SSSR count). The van der Waals surface area contributed by atoms with E-state index in [0.717, 1.165) is 77.0 Å². The second-order valence-electron chi connectivity index (χ2n) is 14.5. The maximum absolute atomic E-state index is 12.5. The number of rotatable bonds is 39. The second kappa shape index (κ2) is 42.8. The molecule has 0 saturated carbocycles. The van der Waals surface area contributed by atoms with Crippen LogP contribution < -0.4 is 0 Å². The van der Waals surface area contributed by atoms with Crippen molar-refractivity contribution in [3.63, 3.8) is 0 Å². The molecule has 0 heterocycles. The van der Waals surface area contributed by atoms with Gasteiger partial charge in [-0.3, -0.25) is 9.59 Å². The first-order valence-electron chi connectivity index (χ1n) is 21.9. The molecule has 52 heavy (non-hydrogen) atoms. The molecule has 1 atom stereocenters.